The lowest BCUT2D eigenvalue weighted by atomic mass is 10.1. The van der Waals surface area contributed by atoms with Crippen LogP contribution in [-0.4, -0.2) is 341 Å². The van der Waals surface area contributed by atoms with E-state index in [0.717, 1.165) is 0 Å². The Morgan fingerprint density at radius 3 is 0.877 bits per heavy atom. The summed E-state index contributed by atoms with van der Waals surface area (Å²) in [7, 11) is 1.19. The molecule has 0 bridgehead atoms. The van der Waals surface area contributed by atoms with Crippen molar-refractivity contribution in [3.05, 3.63) is 163 Å². The number of ether oxygens (including phenoxy) is 37. The number of carbonyl (C=O) groups excluding carboxylic acids is 18. The zero-order chi connectivity index (χ0) is 105. The first kappa shape index (κ1) is 111. The normalized spacial score (nSPS) is 22.0. The Kier molecular flexibility index (Phi) is 44.3. The Bertz CT molecular complexity index is 4920. The molecule has 0 radical (unpaired) electrons. The van der Waals surface area contributed by atoms with Gasteiger partial charge in [0.1, 0.15) is 182 Å². The van der Waals surface area contributed by atoms with E-state index in [2.05, 4.69) is 87.9 Å². The predicted octanol–water partition coefficient (Wildman–Crippen LogP) is 6.19. The van der Waals surface area contributed by atoms with Gasteiger partial charge in [-0.2, -0.15) is 0 Å². The Hall–Kier alpha value is -17.1. The van der Waals surface area contributed by atoms with Gasteiger partial charge in [0.25, 0.3) is 23.8 Å². The smallest absolute Gasteiger partial charge is 0.462 e. The molecule has 146 heavy (non-hydrogen) atoms. The van der Waals surface area contributed by atoms with E-state index < -0.39 is 158 Å². The molecular formula is C89H96O57. The summed E-state index contributed by atoms with van der Waals surface area (Å²) < 4.78 is 189. The molecule has 12 unspecified atom stereocenters. The van der Waals surface area contributed by atoms with Crippen LogP contribution in [-0.2, 0) is 208 Å². The number of para-hydroxylation sites is 1. The standard InChI is InChI=1S/C17H16O9.C15H14O10.C15H18O8.C13H16O9.C12H14O9.C11H10O6.C6H8O6/c1-10-21-6-13(25-10)7-22-15(18)11-2-4-12(5-3-11)16(19)23-8-14-9-24-17(20)26-14;1-8-19-4-9(23-8)5-20-13(16)11-2-3-12(25-11)14(17)21-6-10-7-22-15(18)24-10;16-14-4-3-12(22-14)7-18-5-10-1-2-11(21-10)6-19-8-13-9-20-15(17)23-13;1-8-17-4-9(21-8)5-18-11(14)2-3-12(15)19-6-10-7-20-13(16)22-10;1-7-16-3-8(20-7)4-17-10(13)2-11(14)18-5-9-6-19-12(15)21-9;12-10(16-8-4-2-1-3-5-8)14-6-9-7-15-11(13)17-9;1-9-5(7)10-2-4-3-11-6(8)12-4/h2-5,13-14H,1,6-9H2;2-3,9-10H,1,4-7H2;1-2,12-13H,3-9H2;9-10H,1-7H2;8-9H,1-6H2;1-5,9H,6-7H2;4H,2-3H2,1H3. The van der Waals surface area contributed by atoms with E-state index in [1.165, 1.54) is 43.5 Å². The van der Waals surface area contributed by atoms with Crippen LogP contribution in [0.25, 0.3) is 0 Å². The van der Waals surface area contributed by atoms with Gasteiger partial charge in [-0.25, -0.2) is 62.3 Å². The summed E-state index contributed by atoms with van der Waals surface area (Å²) in [6.07, 6.45) is -12.4. The fourth-order valence-electron chi connectivity index (χ4n) is 11.7. The molecule has 0 spiro atoms. The van der Waals surface area contributed by atoms with Gasteiger partial charge in [0, 0.05) is 6.42 Å². The molecule has 12 saturated heterocycles. The van der Waals surface area contributed by atoms with Crippen LogP contribution in [0.3, 0.4) is 0 Å². The number of hydrogen-bond donors (Lipinski definition) is 0. The van der Waals surface area contributed by atoms with Crippen molar-refractivity contribution in [3.63, 3.8) is 0 Å². The van der Waals surface area contributed by atoms with Crippen molar-refractivity contribution in [1.29, 1.82) is 0 Å². The minimum atomic E-state index is -0.848. The average Bonchev–Trinajstić information content (AvgIpc) is 1.83. The van der Waals surface area contributed by atoms with Gasteiger partial charge >= 0.3 is 109 Å². The van der Waals surface area contributed by atoms with Crippen LogP contribution >= 0.6 is 0 Å². The predicted molar refractivity (Wildman–Crippen MR) is 451 cm³/mol. The summed E-state index contributed by atoms with van der Waals surface area (Å²) in [5.74, 6) is -3.49. The van der Waals surface area contributed by atoms with E-state index in [9.17, 15) is 86.3 Å². The highest BCUT2D eigenvalue weighted by molar-refractivity contribution is 5.94. The highest BCUT2D eigenvalue weighted by Gasteiger charge is 2.36. The fraction of sp³-hybridized carbons (Fsp3) is 0.483. The van der Waals surface area contributed by atoms with Crippen molar-refractivity contribution in [3.8, 4) is 5.75 Å². The van der Waals surface area contributed by atoms with E-state index in [4.69, 9.17) is 123 Å². The van der Waals surface area contributed by atoms with Crippen molar-refractivity contribution in [2.45, 2.75) is 119 Å². The number of cyclic esters (lactones) is 15. The summed E-state index contributed by atoms with van der Waals surface area (Å²) in [5, 5.41) is 0. The maximum absolute atomic E-state index is 12.0. The summed E-state index contributed by atoms with van der Waals surface area (Å²) >= 11 is 0. The molecule has 12 aliphatic rings. The summed E-state index contributed by atoms with van der Waals surface area (Å²) in [6, 6.07) is 20.4. The first-order valence-corrected chi connectivity index (χ1v) is 43.5. The lowest BCUT2D eigenvalue weighted by Gasteiger charge is -2.10. The van der Waals surface area contributed by atoms with Crippen molar-refractivity contribution in [2.75, 3.05) is 159 Å². The number of carbonyl (C=O) groups is 18. The third-order valence-electron chi connectivity index (χ3n) is 18.6. The molecular weight excluding hydrogens is 1980 g/mol. The topological polar surface area (TPSA) is 675 Å². The lowest BCUT2D eigenvalue weighted by Crippen LogP contribution is -2.24. The van der Waals surface area contributed by atoms with Crippen LogP contribution < -0.4 is 4.74 Å². The third-order valence-corrected chi connectivity index (χ3v) is 18.6. The lowest BCUT2D eigenvalue weighted by molar-refractivity contribution is -0.157. The number of furan rings is 2. The molecule has 57 nitrogen and oxygen atoms in total. The maximum Gasteiger partial charge on any atom is 0.513 e. The van der Waals surface area contributed by atoms with Crippen LogP contribution in [0.1, 0.15) is 85.5 Å². The van der Waals surface area contributed by atoms with Gasteiger partial charge in [0.15, 0.2) is 67.1 Å². The second-order valence-corrected chi connectivity index (χ2v) is 30.1. The van der Waals surface area contributed by atoms with Gasteiger partial charge in [0.05, 0.1) is 44.3 Å². The van der Waals surface area contributed by atoms with Gasteiger partial charge in [-0.15, -0.1) is 0 Å². The molecule has 14 heterocycles. The molecule has 0 N–H and O–H groups in total. The van der Waals surface area contributed by atoms with Crippen LogP contribution in [0.4, 0.5) is 43.2 Å². The Balaban J connectivity index is 0.000000176. The molecule has 2 aromatic heterocycles. The fourth-order valence-corrected chi connectivity index (χ4v) is 11.7. The van der Waals surface area contributed by atoms with Gasteiger partial charge in [-0.1, -0.05) is 18.2 Å². The molecule has 0 amide bonds. The van der Waals surface area contributed by atoms with E-state index in [1.807, 2.05) is 0 Å². The van der Waals surface area contributed by atoms with E-state index in [0.29, 0.717) is 43.3 Å². The quantitative estimate of drug-likeness (QED) is 0.0209. The molecule has 4 aromatic rings. The number of benzene rings is 2. The van der Waals surface area contributed by atoms with Crippen LogP contribution in [0.2, 0.25) is 0 Å². The summed E-state index contributed by atoms with van der Waals surface area (Å²) in [6.45, 7) is 15.9. The molecule has 12 atom stereocenters. The molecule has 0 aliphatic carbocycles. The second-order valence-electron chi connectivity index (χ2n) is 30.1. The number of rotatable bonds is 38. The maximum atomic E-state index is 12.0. The summed E-state index contributed by atoms with van der Waals surface area (Å²) in [4.78, 5) is 200. The van der Waals surface area contributed by atoms with Gasteiger partial charge in [-0.3, -0.25) is 24.0 Å². The van der Waals surface area contributed by atoms with Crippen molar-refractivity contribution < 1.29 is 270 Å². The van der Waals surface area contributed by atoms with E-state index in [1.54, 1.807) is 42.5 Å². The molecule has 12 aliphatic heterocycles. The summed E-state index contributed by atoms with van der Waals surface area (Å²) in [5.41, 5.74) is 0.521. The van der Waals surface area contributed by atoms with Crippen molar-refractivity contribution in [1.82, 2.24) is 0 Å². The molecule has 0 saturated carbocycles. The number of hydrogen-bond acceptors (Lipinski definition) is 57. The Morgan fingerprint density at radius 2 is 0.575 bits per heavy atom. The second kappa shape index (κ2) is 58.4. The number of methoxy groups -OCH3 is 1. The first-order chi connectivity index (χ1) is 70.2. The SMILES string of the molecule is C=C1OCC(COC(=O)CC(=O)OCC2COC(=O)O2)O1.C=C1OCC(COC(=O)CCC(=O)OCC2COC(=O)O2)O1.C=C1OCC(COC(=O)c2ccc(C(=O)OCC3COC(=O)O3)cc2)O1.C=C1OCC(COC(=O)c2ccc(C(=O)OCC3COC(=O)O3)o2)O1.COC(=O)OCC1COC(=O)O1.O=C(OCC1COC(=O)O1)Oc1ccccc1.O=C1CCC(COCc2ccc(COCC3COC(=O)O3)o2)O1. The monoisotopic (exact) mass is 2080 g/mol. The minimum Gasteiger partial charge on any atom is -0.462 e. The Labute approximate surface area is 823 Å². The third kappa shape index (κ3) is 41.6. The average molecular weight is 2080 g/mol. The van der Waals surface area contributed by atoms with E-state index >= 15 is 0 Å². The van der Waals surface area contributed by atoms with Gasteiger partial charge in [-0.05, 0) is 93.4 Å². The van der Waals surface area contributed by atoms with Crippen molar-refractivity contribution in [2.24, 2.45) is 0 Å². The molecule has 794 valence electrons. The Morgan fingerprint density at radius 1 is 0.288 bits per heavy atom. The van der Waals surface area contributed by atoms with E-state index in [-0.39, 0.29) is 242 Å². The number of esters is 9. The van der Waals surface area contributed by atoms with Crippen LogP contribution in [0.5, 0.6) is 5.75 Å². The molecule has 16 rings (SSSR count). The highest BCUT2D eigenvalue weighted by Crippen LogP contribution is 2.24. The first-order valence-electron chi connectivity index (χ1n) is 43.5. The van der Waals surface area contributed by atoms with Gasteiger partial charge < -0.3 is 184 Å². The minimum absolute atomic E-state index is 0.00121. The zero-order valence-corrected chi connectivity index (χ0v) is 77.2. The molecule has 2 aromatic carbocycles. The molecule has 12 fully saturated rings. The van der Waals surface area contributed by atoms with Crippen molar-refractivity contribution >= 4 is 109 Å². The van der Waals surface area contributed by atoms with Gasteiger partial charge in [0.2, 0.25) is 11.5 Å². The molecule has 57 heteroatoms. The van der Waals surface area contributed by atoms with Crippen LogP contribution in [0, 0.1) is 0 Å². The highest BCUT2D eigenvalue weighted by atomic mass is 16.8. The van der Waals surface area contributed by atoms with Crippen LogP contribution in [0.15, 0.2) is 138 Å². The zero-order valence-electron chi connectivity index (χ0n) is 77.2. The largest absolute Gasteiger partial charge is 0.513 e.